The predicted molar refractivity (Wildman–Crippen MR) is 51.6 cm³/mol. The lowest BCUT2D eigenvalue weighted by atomic mass is 10.2. The monoisotopic (exact) mass is 225 g/mol. The standard InChI is InChI=1S/C11H9F2NO2/c12-11(13)6-9(15)14(10(11)16)7-8-4-2-1-3-5-8/h1-5H,6-7H2. The second-order valence-corrected chi connectivity index (χ2v) is 3.65. The topological polar surface area (TPSA) is 37.4 Å². The molecule has 0 bridgehead atoms. The van der Waals surface area contributed by atoms with Crippen LogP contribution in [-0.4, -0.2) is 22.6 Å². The van der Waals surface area contributed by atoms with Gasteiger partial charge in [0.2, 0.25) is 5.91 Å². The highest BCUT2D eigenvalue weighted by atomic mass is 19.3. The van der Waals surface area contributed by atoms with Crippen molar-refractivity contribution in [3.05, 3.63) is 35.9 Å². The third kappa shape index (κ3) is 1.80. The molecule has 1 saturated heterocycles. The number of amides is 2. The Hall–Kier alpha value is -1.78. The van der Waals surface area contributed by atoms with E-state index in [4.69, 9.17) is 0 Å². The Bertz CT molecular complexity index is 431. The highest BCUT2D eigenvalue weighted by Crippen LogP contribution is 2.30. The SMILES string of the molecule is O=C1CC(F)(F)C(=O)N1Cc1ccccc1. The van der Waals surface area contributed by atoms with Crippen LogP contribution in [0.15, 0.2) is 30.3 Å². The number of nitrogens with zero attached hydrogens (tertiary/aromatic N) is 1. The van der Waals surface area contributed by atoms with Crippen LogP contribution in [0, 0.1) is 0 Å². The molecule has 0 aromatic heterocycles. The second kappa shape index (κ2) is 3.66. The third-order valence-electron chi connectivity index (χ3n) is 2.42. The fourth-order valence-corrected chi connectivity index (χ4v) is 1.60. The van der Waals surface area contributed by atoms with Gasteiger partial charge >= 0.3 is 5.92 Å². The number of carbonyl (C=O) groups excluding carboxylic acids is 2. The normalized spacial score (nSPS) is 19.2. The Morgan fingerprint density at radius 1 is 1.19 bits per heavy atom. The minimum Gasteiger partial charge on any atom is -0.274 e. The number of halogens is 2. The Labute approximate surface area is 90.7 Å². The molecule has 0 atom stereocenters. The molecule has 1 aliphatic rings. The maximum atomic E-state index is 12.9. The molecule has 0 unspecified atom stereocenters. The van der Waals surface area contributed by atoms with Gasteiger partial charge in [0.25, 0.3) is 5.91 Å². The van der Waals surface area contributed by atoms with Crippen LogP contribution in [0.5, 0.6) is 0 Å². The van der Waals surface area contributed by atoms with Crippen LogP contribution < -0.4 is 0 Å². The summed E-state index contributed by atoms with van der Waals surface area (Å²) in [6.07, 6.45) is -1.02. The van der Waals surface area contributed by atoms with Gasteiger partial charge in [0.1, 0.15) is 6.42 Å². The molecule has 0 aliphatic carbocycles. The van der Waals surface area contributed by atoms with E-state index in [9.17, 15) is 18.4 Å². The van der Waals surface area contributed by atoms with Gasteiger partial charge in [0, 0.05) is 0 Å². The van der Waals surface area contributed by atoms with Crippen molar-refractivity contribution in [2.45, 2.75) is 18.9 Å². The number of imide groups is 1. The van der Waals surface area contributed by atoms with E-state index in [2.05, 4.69) is 0 Å². The van der Waals surface area contributed by atoms with E-state index in [-0.39, 0.29) is 6.54 Å². The van der Waals surface area contributed by atoms with Crippen molar-refractivity contribution in [1.29, 1.82) is 0 Å². The Morgan fingerprint density at radius 2 is 1.81 bits per heavy atom. The van der Waals surface area contributed by atoms with Gasteiger partial charge in [-0.15, -0.1) is 0 Å². The average Bonchev–Trinajstić information content (AvgIpc) is 2.42. The molecule has 84 valence electrons. The number of likely N-dealkylation sites (tertiary alicyclic amines) is 1. The van der Waals surface area contributed by atoms with Crippen molar-refractivity contribution in [1.82, 2.24) is 4.90 Å². The summed E-state index contributed by atoms with van der Waals surface area (Å²) in [6, 6.07) is 8.57. The summed E-state index contributed by atoms with van der Waals surface area (Å²) < 4.78 is 25.9. The first kappa shape index (κ1) is 10.7. The van der Waals surface area contributed by atoms with E-state index in [1.165, 1.54) is 0 Å². The minimum absolute atomic E-state index is 0.0892. The summed E-state index contributed by atoms with van der Waals surface area (Å²) in [4.78, 5) is 23.0. The zero-order valence-electron chi connectivity index (χ0n) is 8.32. The van der Waals surface area contributed by atoms with E-state index in [0.29, 0.717) is 10.5 Å². The maximum absolute atomic E-state index is 12.9. The Morgan fingerprint density at radius 3 is 2.31 bits per heavy atom. The smallest absolute Gasteiger partial charge is 0.274 e. The van der Waals surface area contributed by atoms with Gasteiger partial charge in [0.05, 0.1) is 6.54 Å². The van der Waals surface area contributed by atoms with E-state index in [1.807, 2.05) is 0 Å². The Kier molecular flexibility index (Phi) is 2.46. The van der Waals surface area contributed by atoms with Gasteiger partial charge in [-0.25, -0.2) is 0 Å². The molecular formula is C11H9F2NO2. The summed E-state index contributed by atoms with van der Waals surface area (Å²) in [6.45, 7) is -0.0892. The molecule has 1 aliphatic heterocycles. The van der Waals surface area contributed by atoms with Crippen LogP contribution in [0.2, 0.25) is 0 Å². The van der Waals surface area contributed by atoms with Crippen LogP contribution in [0.3, 0.4) is 0 Å². The van der Waals surface area contributed by atoms with Gasteiger partial charge in [-0.3, -0.25) is 14.5 Å². The molecule has 1 fully saturated rings. The number of carbonyl (C=O) groups is 2. The van der Waals surface area contributed by atoms with Crippen LogP contribution in [0.4, 0.5) is 8.78 Å². The lowest BCUT2D eigenvalue weighted by Gasteiger charge is -2.13. The molecule has 1 aromatic carbocycles. The number of rotatable bonds is 2. The summed E-state index contributed by atoms with van der Waals surface area (Å²) in [7, 11) is 0. The first-order chi connectivity index (χ1) is 7.50. The zero-order chi connectivity index (χ0) is 11.8. The van der Waals surface area contributed by atoms with Gasteiger partial charge in [-0.1, -0.05) is 30.3 Å². The summed E-state index contributed by atoms with van der Waals surface area (Å²) in [5.74, 6) is -5.76. The van der Waals surface area contributed by atoms with Crippen LogP contribution in [0.25, 0.3) is 0 Å². The zero-order valence-corrected chi connectivity index (χ0v) is 8.32. The highest BCUT2D eigenvalue weighted by Gasteiger charge is 2.53. The van der Waals surface area contributed by atoms with Crippen molar-refractivity contribution in [3.63, 3.8) is 0 Å². The minimum atomic E-state index is -3.54. The van der Waals surface area contributed by atoms with E-state index >= 15 is 0 Å². The van der Waals surface area contributed by atoms with Crippen LogP contribution >= 0.6 is 0 Å². The van der Waals surface area contributed by atoms with Gasteiger partial charge in [-0.2, -0.15) is 8.78 Å². The molecule has 0 saturated carbocycles. The van der Waals surface area contributed by atoms with Gasteiger partial charge in [-0.05, 0) is 5.56 Å². The number of benzene rings is 1. The van der Waals surface area contributed by atoms with Gasteiger partial charge < -0.3 is 0 Å². The molecule has 1 heterocycles. The lowest BCUT2D eigenvalue weighted by molar-refractivity contribution is -0.149. The third-order valence-corrected chi connectivity index (χ3v) is 2.42. The predicted octanol–water partition coefficient (Wildman–Crippen LogP) is 1.58. The second-order valence-electron chi connectivity index (χ2n) is 3.65. The summed E-state index contributed by atoms with van der Waals surface area (Å²) >= 11 is 0. The highest BCUT2D eigenvalue weighted by molar-refractivity contribution is 6.06. The first-order valence-corrected chi connectivity index (χ1v) is 4.77. The number of hydrogen-bond donors (Lipinski definition) is 0. The fourth-order valence-electron chi connectivity index (χ4n) is 1.60. The maximum Gasteiger partial charge on any atom is 0.333 e. The Balaban J connectivity index is 2.18. The van der Waals surface area contributed by atoms with Gasteiger partial charge in [0.15, 0.2) is 0 Å². The quantitative estimate of drug-likeness (QED) is 0.716. The molecule has 0 N–H and O–H groups in total. The first-order valence-electron chi connectivity index (χ1n) is 4.77. The van der Waals surface area contributed by atoms with Crippen LogP contribution in [0.1, 0.15) is 12.0 Å². The molecule has 0 radical (unpaired) electrons. The lowest BCUT2D eigenvalue weighted by Crippen LogP contribution is -2.34. The average molecular weight is 225 g/mol. The van der Waals surface area contributed by atoms with Crippen molar-refractivity contribution in [2.24, 2.45) is 0 Å². The van der Waals surface area contributed by atoms with Crippen molar-refractivity contribution in [2.75, 3.05) is 0 Å². The van der Waals surface area contributed by atoms with E-state index in [0.717, 1.165) is 0 Å². The fraction of sp³-hybridized carbons (Fsp3) is 0.273. The van der Waals surface area contributed by atoms with Crippen LogP contribution in [-0.2, 0) is 16.1 Å². The molecule has 0 spiro atoms. The molecule has 1 aromatic rings. The summed E-state index contributed by atoms with van der Waals surface area (Å²) in [5, 5.41) is 0. The molecule has 2 amide bonds. The van der Waals surface area contributed by atoms with Crippen molar-refractivity contribution in [3.8, 4) is 0 Å². The van der Waals surface area contributed by atoms with E-state index in [1.54, 1.807) is 30.3 Å². The molecule has 3 nitrogen and oxygen atoms in total. The summed E-state index contributed by atoms with van der Waals surface area (Å²) in [5.41, 5.74) is 0.655. The molecular weight excluding hydrogens is 216 g/mol. The van der Waals surface area contributed by atoms with Crippen molar-refractivity contribution >= 4 is 11.8 Å². The van der Waals surface area contributed by atoms with Crippen molar-refractivity contribution < 1.29 is 18.4 Å². The molecule has 2 rings (SSSR count). The molecule has 16 heavy (non-hydrogen) atoms. The number of hydrogen-bond acceptors (Lipinski definition) is 2. The molecule has 5 heteroatoms. The number of alkyl halides is 2. The van der Waals surface area contributed by atoms with E-state index < -0.39 is 24.2 Å². The largest absolute Gasteiger partial charge is 0.333 e.